The van der Waals surface area contributed by atoms with Crippen LogP contribution in [0.4, 0.5) is 0 Å². The fourth-order valence-corrected chi connectivity index (χ4v) is 2.65. The van der Waals surface area contributed by atoms with Crippen molar-refractivity contribution in [1.82, 2.24) is 5.32 Å². The smallest absolute Gasteiger partial charge is 0.220 e. The second kappa shape index (κ2) is 10.6. The summed E-state index contributed by atoms with van der Waals surface area (Å²) in [7, 11) is 0. The third-order valence-electron chi connectivity index (χ3n) is 3.66. The Morgan fingerprint density at radius 1 is 1.22 bits per heavy atom. The highest BCUT2D eigenvalue weighted by molar-refractivity contribution is 5.85. The second-order valence-corrected chi connectivity index (χ2v) is 5.49. The molecule has 1 aliphatic rings. The third kappa shape index (κ3) is 7.93. The minimum Gasteiger partial charge on any atom is -0.353 e. The SMILES string of the molecule is CC1CCCC(NC(=O)CCCCCCN)C1.Cl. The van der Waals surface area contributed by atoms with Gasteiger partial charge >= 0.3 is 0 Å². The fraction of sp³-hybridized carbons (Fsp3) is 0.929. The fourth-order valence-electron chi connectivity index (χ4n) is 2.65. The van der Waals surface area contributed by atoms with Gasteiger partial charge in [0.25, 0.3) is 0 Å². The molecule has 0 aromatic heterocycles. The van der Waals surface area contributed by atoms with Gasteiger partial charge in [-0.05, 0) is 38.1 Å². The number of rotatable bonds is 7. The largest absolute Gasteiger partial charge is 0.353 e. The maximum absolute atomic E-state index is 11.7. The molecule has 1 fully saturated rings. The highest BCUT2D eigenvalue weighted by Gasteiger charge is 2.19. The van der Waals surface area contributed by atoms with Crippen LogP contribution in [-0.2, 0) is 4.79 Å². The van der Waals surface area contributed by atoms with E-state index in [1.807, 2.05) is 0 Å². The molecule has 0 saturated heterocycles. The van der Waals surface area contributed by atoms with Crippen molar-refractivity contribution in [1.29, 1.82) is 0 Å². The lowest BCUT2D eigenvalue weighted by Gasteiger charge is -2.27. The zero-order valence-electron chi connectivity index (χ0n) is 11.6. The Labute approximate surface area is 118 Å². The minimum absolute atomic E-state index is 0. The molecular formula is C14H29ClN2O. The van der Waals surface area contributed by atoms with E-state index >= 15 is 0 Å². The van der Waals surface area contributed by atoms with E-state index in [-0.39, 0.29) is 18.3 Å². The van der Waals surface area contributed by atoms with Crippen LogP contribution in [0.3, 0.4) is 0 Å². The lowest BCUT2D eigenvalue weighted by molar-refractivity contribution is -0.122. The van der Waals surface area contributed by atoms with Crippen LogP contribution in [0.2, 0.25) is 0 Å². The number of carbonyl (C=O) groups excluding carboxylic acids is 1. The molecule has 3 N–H and O–H groups in total. The van der Waals surface area contributed by atoms with Gasteiger partial charge in [0, 0.05) is 12.5 Å². The maximum Gasteiger partial charge on any atom is 0.220 e. The van der Waals surface area contributed by atoms with Crippen LogP contribution in [0, 0.1) is 5.92 Å². The lowest BCUT2D eigenvalue weighted by atomic mass is 9.87. The number of nitrogens with two attached hydrogens (primary N) is 1. The average molecular weight is 277 g/mol. The summed E-state index contributed by atoms with van der Waals surface area (Å²) in [5.74, 6) is 1.02. The summed E-state index contributed by atoms with van der Waals surface area (Å²) in [6, 6.07) is 0.440. The van der Waals surface area contributed by atoms with Gasteiger partial charge in [0.2, 0.25) is 5.91 Å². The van der Waals surface area contributed by atoms with Gasteiger partial charge in [-0.25, -0.2) is 0 Å². The summed E-state index contributed by atoms with van der Waals surface area (Å²) >= 11 is 0. The minimum atomic E-state index is 0. The monoisotopic (exact) mass is 276 g/mol. The van der Waals surface area contributed by atoms with Crippen LogP contribution < -0.4 is 11.1 Å². The van der Waals surface area contributed by atoms with Crippen LogP contribution in [0.5, 0.6) is 0 Å². The van der Waals surface area contributed by atoms with Gasteiger partial charge in [-0.3, -0.25) is 4.79 Å². The first kappa shape index (κ1) is 17.7. The standard InChI is InChI=1S/C14H28N2O.ClH/c1-12-7-6-8-13(11-12)16-14(17)9-4-2-3-5-10-15;/h12-13H,2-11,15H2,1H3,(H,16,17);1H. The summed E-state index contributed by atoms with van der Waals surface area (Å²) in [4.78, 5) is 11.7. The number of carbonyl (C=O) groups is 1. The Morgan fingerprint density at radius 3 is 2.61 bits per heavy atom. The predicted octanol–water partition coefficient (Wildman–Crippen LogP) is 3.01. The summed E-state index contributed by atoms with van der Waals surface area (Å²) in [5, 5.41) is 3.18. The predicted molar refractivity (Wildman–Crippen MR) is 79.0 cm³/mol. The van der Waals surface area contributed by atoms with Gasteiger partial charge in [-0.15, -0.1) is 12.4 Å². The van der Waals surface area contributed by atoms with Crippen LogP contribution >= 0.6 is 12.4 Å². The first-order valence-corrected chi connectivity index (χ1v) is 7.21. The molecule has 1 rings (SSSR count). The van der Waals surface area contributed by atoms with Crippen molar-refractivity contribution >= 4 is 18.3 Å². The Morgan fingerprint density at radius 2 is 1.94 bits per heavy atom. The van der Waals surface area contributed by atoms with Crippen molar-refractivity contribution in [2.75, 3.05) is 6.54 Å². The van der Waals surface area contributed by atoms with E-state index in [0.29, 0.717) is 12.5 Å². The topological polar surface area (TPSA) is 55.1 Å². The van der Waals surface area contributed by atoms with E-state index in [1.54, 1.807) is 0 Å². The molecule has 2 unspecified atom stereocenters. The van der Waals surface area contributed by atoms with Crippen molar-refractivity contribution in [3.05, 3.63) is 0 Å². The van der Waals surface area contributed by atoms with E-state index in [0.717, 1.165) is 38.1 Å². The Balaban J connectivity index is 0.00000289. The number of unbranched alkanes of at least 4 members (excludes halogenated alkanes) is 3. The van der Waals surface area contributed by atoms with Crippen molar-refractivity contribution < 1.29 is 4.79 Å². The molecule has 3 nitrogen and oxygen atoms in total. The van der Waals surface area contributed by atoms with Crippen LogP contribution in [0.1, 0.15) is 64.7 Å². The summed E-state index contributed by atoms with van der Waals surface area (Å²) in [5.41, 5.74) is 5.43. The Bertz CT molecular complexity index is 224. The first-order valence-electron chi connectivity index (χ1n) is 7.21. The molecule has 0 aromatic rings. The van der Waals surface area contributed by atoms with Crippen molar-refractivity contribution in [3.63, 3.8) is 0 Å². The van der Waals surface area contributed by atoms with E-state index < -0.39 is 0 Å². The molecule has 0 spiro atoms. The quantitative estimate of drug-likeness (QED) is 0.703. The Kier molecular flexibility index (Phi) is 10.5. The van der Waals surface area contributed by atoms with Gasteiger partial charge in [0.05, 0.1) is 0 Å². The molecule has 4 heteroatoms. The van der Waals surface area contributed by atoms with Crippen molar-refractivity contribution in [2.24, 2.45) is 11.7 Å². The van der Waals surface area contributed by atoms with E-state index in [4.69, 9.17) is 5.73 Å². The first-order chi connectivity index (χ1) is 8.22. The molecule has 1 aliphatic carbocycles. The molecule has 0 heterocycles. The number of amides is 1. The molecule has 0 aromatic carbocycles. The Hall–Kier alpha value is -0.280. The zero-order valence-corrected chi connectivity index (χ0v) is 12.4. The number of halogens is 1. The molecule has 1 amide bonds. The third-order valence-corrected chi connectivity index (χ3v) is 3.66. The van der Waals surface area contributed by atoms with Crippen molar-refractivity contribution in [3.8, 4) is 0 Å². The average Bonchev–Trinajstić information content (AvgIpc) is 2.29. The molecule has 18 heavy (non-hydrogen) atoms. The molecule has 0 aliphatic heterocycles. The van der Waals surface area contributed by atoms with Gasteiger partial charge in [-0.1, -0.05) is 32.6 Å². The lowest BCUT2D eigenvalue weighted by Crippen LogP contribution is -2.37. The van der Waals surface area contributed by atoms with Gasteiger partial charge < -0.3 is 11.1 Å². The molecule has 2 atom stereocenters. The van der Waals surface area contributed by atoms with Gasteiger partial charge in [-0.2, -0.15) is 0 Å². The van der Waals surface area contributed by atoms with Crippen LogP contribution in [-0.4, -0.2) is 18.5 Å². The van der Waals surface area contributed by atoms with Gasteiger partial charge in [0.1, 0.15) is 0 Å². The molecule has 108 valence electrons. The maximum atomic E-state index is 11.7. The zero-order chi connectivity index (χ0) is 12.5. The normalized spacial score (nSPS) is 23.2. The van der Waals surface area contributed by atoms with E-state index in [9.17, 15) is 4.79 Å². The highest BCUT2D eigenvalue weighted by Crippen LogP contribution is 2.23. The molecular weight excluding hydrogens is 248 g/mol. The highest BCUT2D eigenvalue weighted by atomic mass is 35.5. The van der Waals surface area contributed by atoms with E-state index in [2.05, 4.69) is 12.2 Å². The van der Waals surface area contributed by atoms with Crippen LogP contribution in [0.25, 0.3) is 0 Å². The summed E-state index contributed by atoms with van der Waals surface area (Å²) < 4.78 is 0. The second-order valence-electron chi connectivity index (χ2n) is 5.49. The number of hydrogen-bond donors (Lipinski definition) is 2. The van der Waals surface area contributed by atoms with Crippen LogP contribution in [0.15, 0.2) is 0 Å². The number of hydrogen-bond acceptors (Lipinski definition) is 2. The molecule has 0 radical (unpaired) electrons. The van der Waals surface area contributed by atoms with Crippen molar-refractivity contribution in [2.45, 2.75) is 70.8 Å². The summed E-state index contributed by atoms with van der Waals surface area (Å²) in [6.07, 6.45) is 10.00. The number of nitrogens with one attached hydrogen (secondary N) is 1. The van der Waals surface area contributed by atoms with E-state index in [1.165, 1.54) is 25.7 Å². The van der Waals surface area contributed by atoms with Gasteiger partial charge in [0.15, 0.2) is 0 Å². The summed E-state index contributed by atoms with van der Waals surface area (Å²) in [6.45, 7) is 3.05. The molecule has 0 bridgehead atoms. The molecule has 1 saturated carbocycles.